The number of nitrogens with zero attached hydrogens (tertiary/aromatic N) is 1. The SMILES string of the molecule is COc1ccc(C=O)cc1Oc1cccc(C#N)c1. The van der Waals surface area contributed by atoms with Gasteiger partial charge in [-0.3, -0.25) is 4.79 Å². The summed E-state index contributed by atoms with van der Waals surface area (Å²) < 4.78 is 10.8. The molecule has 19 heavy (non-hydrogen) atoms. The third kappa shape index (κ3) is 2.90. The minimum absolute atomic E-state index is 0.433. The van der Waals surface area contributed by atoms with E-state index in [1.807, 2.05) is 6.07 Å². The topological polar surface area (TPSA) is 59.3 Å². The van der Waals surface area contributed by atoms with Crippen LogP contribution < -0.4 is 9.47 Å². The number of ether oxygens (including phenoxy) is 2. The molecule has 0 fully saturated rings. The van der Waals surface area contributed by atoms with Crippen molar-refractivity contribution in [3.8, 4) is 23.3 Å². The molecule has 0 spiro atoms. The van der Waals surface area contributed by atoms with Crippen LogP contribution in [0.25, 0.3) is 0 Å². The number of nitriles is 1. The van der Waals surface area contributed by atoms with Crippen LogP contribution in [0.5, 0.6) is 17.2 Å². The van der Waals surface area contributed by atoms with Gasteiger partial charge in [0.25, 0.3) is 0 Å². The normalized spacial score (nSPS) is 9.47. The van der Waals surface area contributed by atoms with Gasteiger partial charge in [-0.1, -0.05) is 6.07 Å². The second-order valence-electron chi connectivity index (χ2n) is 3.77. The molecule has 0 atom stereocenters. The largest absolute Gasteiger partial charge is 0.493 e. The zero-order valence-electron chi connectivity index (χ0n) is 10.3. The number of hydrogen-bond acceptors (Lipinski definition) is 4. The van der Waals surface area contributed by atoms with E-state index in [2.05, 4.69) is 0 Å². The molecule has 0 aliphatic heterocycles. The summed E-state index contributed by atoms with van der Waals surface area (Å²) in [5, 5.41) is 8.83. The molecule has 0 aromatic heterocycles. The molecule has 0 bridgehead atoms. The summed E-state index contributed by atoms with van der Waals surface area (Å²) in [7, 11) is 1.52. The van der Waals surface area contributed by atoms with Gasteiger partial charge in [-0.15, -0.1) is 0 Å². The van der Waals surface area contributed by atoms with E-state index in [4.69, 9.17) is 14.7 Å². The van der Waals surface area contributed by atoms with Gasteiger partial charge >= 0.3 is 0 Å². The fourth-order valence-electron chi connectivity index (χ4n) is 1.60. The number of benzene rings is 2. The van der Waals surface area contributed by atoms with E-state index in [1.165, 1.54) is 7.11 Å². The monoisotopic (exact) mass is 253 g/mol. The summed E-state index contributed by atoms with van der Waals surface area (Å²) in [6, 6.07) is 13.7. The van der Waals surface area contributed by atoms with E-state index in [1.54, 1.807) is 42.5 Å². The minimum Gasteiger partial charge on any atom is -0.493 e. The molecule has 0 aliphatic rings. The van der Waals surface area contributed by atoms with Crippen LogP contribution in [-0.4, -0.2) is 13.4 Å². The Morgan fingerprint density at radius 3 is 2.68 bits per heavy atom. The molecule has 4 heteroatoms. The molecule has 0 saturated carbocycles. The molecule has 0 N–H and O–H groups in total. The van der Waals surface area contributed by atoms with Crippen LogP contribution in [0.4, 0.5) is 0 Å². The van der Waals surface area contributed by atoms with Gasteiger partial charge in [0.2, 0.25) is 0 Å². The fourth-order valence-corrected chi connectivity index (χ4v) is 1.60. The maximum atomic E-state index is 10.8. The van der Waals surface area contributed by atoms with Gasteiger partial charge < -0.3 is 9.47 Å². The molecule has 2 aromatic carbocycles. The summed E-state index contributed by atoms with van der Waals surface area (Å²) in [6.45, 7) is 0. The highest BCUT2D eigenvalue weighted by Gasteiger charge is 2.07. The average molecular weight is 253 g/mol. The number of hydrogen-bond donors (Lipinski definition) is 0. The van der Waals surface area contributed by atoms with E-state index in [-0.39, 0.29) is 0 Å². The zero-order chi connectivity index (χ0) is 13.7. The van der Waals surface area contributed by atoms with Gasteiger partial charge in [-0.25, -0.2) is 0 Å². The molecular formula is C15H11NO3. The Kier molecular flexibility index (Phi) is 3.79. The van der Waals surface area contributed by atoms with E-state index >= 15 is 0 Å². The third-order valence-electron chi connectivity index (χ3n) is 2.51. The fraction of sp³-hybridized carbons (Fsp3) is 0.0667. The standard InChI is InChI=1S/C15H11NO3/c1-18-14-6-5-12(10-17)8-15(14)19-13-4-2-3-11(7-13)9-16/h2-8,10H,1H3. The van der Waals surface area contributed by atoms with Crippen LogP contribution in [0.3, 0.4) is 0 Å². The quantitative estimate of drug-likeness (QED) is 0.785. The van der Waals surface area contributed by atoms with Gasteiger partial charge in [0, 0.05) is 5.56 Å². The van der Waals surface area contributed by atoms with E-state index < -0.39 is 0 Å². The number of aldehydes is 1. The maximum Gasteiger partial charge on any atom is 0.169 e. The second kappa shape index (κ2) is 5.69. The molecule has 2 rings (SSSR count). The van der Waals surface area contributed by atoms with Crippen LogP contribution in [0, 0.1) is 11.3 Å². The summed E-state index contributed by atoms with van der Waals surface area (Å²) in [5.74, 6) is 1.47. The Labute approximate surface area is 110 Å². The Bertz CT molecular complexity index is 644. The van der Waals surface area contributed by atoms with Crippen molar-refractivity contribution in [1.29, 1.82) is 5.26 Å². The Morgan fingerprint density at radius 2 is 2.00 bits per heavy atom. The first-order valence-electron chi connectivity index (χ1n) is 5.58. The first kappa shape index (κ1) is 12.7. The molecular weight excluding hydrogens is 242 g/mol. The molecule has 4 nitrogen and oxygen atoms in total. The lowest BCUT2D eigenvalue weighted by molar-refractivity contribution is 0.112. The van der Waals surface area contributed by atoms with E-state index in [0.717, 1.165) is 6.29 Å². The predicted octanol–water partition coefficient (Wildman–Crippen LogP) is 3.17. The maximum absolute atomic E-state index is 10.8. The smallest absolute Gasteiger partial charge is 0.169 e. The van der Waals surface area contributed by atoms with Gasteiger partial charge in [0.15, 0.2) is 11.5 Å². The highest BCUT2D eigenvalue weighted by Crippen LogP contribution is 2.32. The molecule has 94 valence electrons. The highest BCUT2D eigenvalue weighted by molar-refractivity contribution is 5.76. The highest BCUT2D eigenvalue weighted by atomic mass is 16.5. The minimum atomic E-state index is 0.433. The number of methoxy groups -OCH3 is 1. The van der Waals surface area contributed by atoms with E-state index in [0.29, 0.717) is 28.4 Å². The molecule has 0 unspecified atom stereocenters. The Morgan fingerprint density at radius 1 is 1.16 bits per heavy atom. The number of carbonyl (C=O) groups excluding carboxylic acids is 1. The van der Waals surface area contributed by atoms with Gasteiger partial charge in [0.05, 0.1) is 18.7 Å². The van der Waals surface area contributed by atoms with Crippen LogP contribution in [0.1, 0.15) is 15.9 Å². The van der Waals surface area contributed by atoms with Crippen molar-refractivity contribution in [2.45, 2.75) is 0 Å². The summed E-state index contributed by atoms with van der Waals surface area (Å²) in [6.07, 6.45) is 0.734. The Hall–Kier alpha value is -2.80. The Balaban J connectivity index is 2.36. The molecule has 2 aromatic rings. The van der Waals surface area contributed by atoms with Gasteiger partial charge in [-0.05, 0) is 36.4 Å². The lowest BCUT2D eigenvalue weighted by Gasteiger charge is -2.10. The van der Waals surface area contributed by atoms with Crippen molar-refractivity contribution in [3.05, 3.63) is 53.6 Å². The molecule has 0 radical (unpaired) electrons. The number of carbonyl (C=O) groups is 1. The second-order valence-corrected chi connectivity index (χ2v) is 3.77. The van der Waals surface area contributed by atoms with Gasteiger partial charge in [-0.2, -0.15) is 5.26 Å². The first-order valence-corrected chi connectivity index (χ1v) is 5.58. The lowest BCUT2D eigenvalue weighted by Crippen LogP contribution is -1.92. The molecule has 0 aliphatic carbocycles. The van der Waals surface area contributed by atoms with Crippen molar-refractivity contribution < 1.29 is 14.3 Å². The summed E-state index contributed by atoms with van der Waals surface area (Å²) >= 11 is 0. The summed E-state index contributed by atoms with van der Waals surface area (Å²) in [4.78, 5) is 10.8. The van der Waals surface area contributed by atoms with Crippen LogP contribution >= 0.6 is 0 Å². The molecule has 0 amide bonds. The van der Waals surface area contributed by atoms with Crippen LogP contribution in [0.15, 0.2) is 42.5 Å². The van der Waals surface area contributed by atoms with E-state index in [9.17, 15) is 4.79 Å². The van der Waals surface area contributed by atoms with Gasteiger partial charge in [0.1, 0.15) is 12.0 Å². The van der Waals surface area contributed by atoms with Crippen molar-refractivity contribution in [3.63, 3.8) is 0 Å². The molecule has 0 saturated heterocycles. The van der Waals surface area contributed by atoms with Crippen molar-refractivity contribution in [2.75, 3.05) is 7.11 Å². The average Bonchev–Trinajstić information content (AvgIpc) is 2.47. The third-order valence-corrected chi connectivity index (χ3v) is 2.51. The van der Waals surface area contributed by atoms with Crippen molar-refractivity contribution >= 4 is 6.29 Å². The summed E-state index contributed by atoms with van der Waals surface area (Å²) in [5.41, 5.74) is 0.996. The number of rotatable bonds is 4. The van der Waals surface area contributed by atoms with Crippen molar-refractivity contribution in [1.82, 2.24) is 0 Å². The van der Waals surface area contributed by atoms with Crippen LogP contribution in [0.2, 0.25) is 0 Å². The van der Waals surface area contributed by atoms with Crippen LogP contribution in [-0.2, 0) is 0 Å². The lowest BCUT2D eigenvalue weighted by atomic mass is 10.2. The van der Waals surface area contributed by atoms with Crippen molar-refractivity contribution in [2.24, 2.45) is 0 Å². The first-order chi connectivity index (χ1) is 9.26. The zero-order valence-corrected chi connectivity index (χ0v) is 10.3. The predicted molar refractivity (Wildman–Crippen MR) is 69.6 cm³/mol. The molecule has 0 heterocycles.